The van der Waals surface area contributed by atoms with Gasteiger partial charge in [0, 0.05) is 19.4 Å². The van der Waals surface area contributed by atoms with Crippen LogP contribution in [0.15, 0.2) is 30.3 Å². The van der Waals surface area contributed by atoms with Gasteiger partial charge in [-0.25, -0.2) is 9.59 Å². The van der Waals surface area contributed by atoms with Crippen LogP contribution in [0.1, 0.15) is 84.1 Å². The quantitative estimate of drug-likeness (QED) is 0.290. The van der Waals surface area contributed by atoms with E-state index in [2.05, 4.69) is 21.3 Å². The highest BCUT2D eigenvalue weighted by molar-refractivity contribution is 5.92. The molecule has 244 valence electrons. The molecule has 1 aliphatic carbocycles. The Kier molecular flexibility index (Phi) is 13.4. The highest BCUT2D eigenvalue weighted by Crippen LogP contribution is 2.28. The van der Waals surface area contributed by atoms with Gasteiger partial charge in [0.05, 0.1) is 12.6 Å². The lowest BCUT2D eigenvalue weighted by Gasteiger charge is -2.31. The van der Waals surface area contributed by atoms with Crippen molar-refractivity contribution >= 4 is 29.8 Å². The zero-order valence-corrected chi connectivity index (χ0v) is 26.1. The van der Waals surface area contributed by atoms with Crippen molar-refractivity contribution in [2.24, 2.45) is 5.92 Å². The maximum absolute atomic E-state index is 13.7. The molecule has 0 spiro atoms. The summed E-state index contributed by atoms with van der Waals surface area (Å²) in [6.45, 7) is 5.38. The number of alkyl carbamates (subject to hydrolysis) is 1. The number of aliphatic hydroxyl groups is 1. The Labute approximate surface area is 259 Å². The average Bonchev–Trinajstić information content (AvgIpc) is 2.97. The Morgan fingerprint density at radius 1 is 1.05 bits per heavy atom. The lowest BCUT2D eigenvalue weighted by atomic mass is 9.83. The molecule has 1 aliphatic heterocycles. The molecule has 0 radical (unpaired) electrons. The third kappa shape index (κ3) is 12.1. The van der Waals surface area contributed by atoms with E-state index in [0.717, 1.165) is 37.7 Å². The van der Waals surface area contributed by atoms with E-state index in [0.29, 0.717) is 12.8 Å². The monoisotopic (exact) mass is 616 g/mol. The van der Waals surface area contributed by atoms with Crippen molar-refractivity contribution in [2.45, 2.75) is 115 Å². The van der Waals surface area contributed by atoms with E-state index in [1.807, 2.05) is 30.3 Å². The molecule has 12 heteroatoms. The first-order valence-corrected chi connectivity index (χ1v) is 15.7. The molecule has 0 bridgehead atoms. The number of hydrogen-bond acceptors (Lipinski definition) is 8. The van der Waals surface area contributed by atoms with Gasteiger partial charge in [0.1, 0.15) is 17.7 Å². The summed E-state index contributed by atoms with van der Waals surface area (Å²) in [4.78, 5) is 65.2. The smallest absolute Gasteiger partial charge is 0.408 e. The van der Waals surface area contributed by atoms with Crippen LogP contribution in [0.2, 0.25) is 0 Å². The fourth-order valence-corrected chi connectivity index (χ4v) is 5.47. The van der Waals surface area contributed by atoms with E-state index in [1.54, 1.807) is 20.8 Å². The zero-order chi connectivity index (χ0) is 32.1. The Bertz CT molecular complexity index is 1120. The van der Waals surface area contributed by atoms with Crippen molar-refractivity contribution in [3.05, 3.63) is 35.9 Å². The Morgan fingerprint density at radius 3 is 2.43 bits per heavy atom. The van der Waals surface area contributed by atoms with Gasteiger partial charge in [0.15, 0.2) is 6.10 Å². The molecule has 44 heavy (non-hydrogen) atoms. The summed E-state index contributed by atoms with van der Waals surface area (Å²) in [6.07, 6.45) is 3.42. The topological polar surface area (TPSA) is 172 Å². The third-order valence-corrected chi connectivity index (χ3v) is 7.73. The number of benzene rings is 1. The number of carbonyl (C=O) groups is 5. The van der Waals surface area contributed by atoms with Crippen molar-refractivity contribution in [1.29, 1.82) is 0 Å². The standard InChI is InChI=1S/C32H48N4O8/c1-32(2,3)44-31(42)36-25(20-22-13-8-5-9-14-22)29(40)34-23-15-16-26(37)33-17-10-18-43-30(41)27(38)24(35-28(23)39)19-21-11-6-4-7-12-21/h5,8-9,13-14,21,23-25,27,38H,4,6-7,10-12,15-20H2,1-3H3,(H,33,37)(H,34,40)(H,35,39)(H,36,42)/t23-,24-,25-,27+/m0/s1. The summed E-state index contributed by atoms with van der Waals surface area (Å²) in [5.74, 6) is -2.26. The number of hydrogen-bond donors (Lipinski definition) is 5. The molecule has 12 nitrogen and oxygen atoms in total. The molecule has 0 aromatic heterocycles. The molecule has 1 saturated carbocycles. The summed E-state index contributed by atoms with van der Waals surface area (Å²) in [5.41, 5.74) is -0.0290. The van der Waals surface area contributed by atoms with Gasteiger partial charge in [0.25, 0.3) is 0 Å². The number of nitrogens with one attached hydrogen (secondary N) is 4. The molecule has 1 aromatic carbocycles. The predicted octanol–water partition coefficient (Wildman–Crippen LogP) is 2.27. The minimum Gasteiger partial charge on any atom is -0.464 e. The molecule has 3 rings (SSSR count). The second kappa shape index (κ2) is 17.0. The fourth-order valence-electron chi connectivity index (χ4n) is 5.47. The molecule has 0 unspecified atom stereocenters. The van der Waals surface area contributed by atoms with Crippen LogP contribution in [-0.2, 0) is 35.1 Å². The van der Waals surface area contributed by atoms with Gasteiger partial charge in [-0.05, 0) is 51.5 Å². The van der Waals surface area contributed by atoms with E-state index in [4.69, 9.17) is 9.47 Å². The van der Waals surface area contributed by atoms with Crippen LogP contribution >= 0.6 is 0 Å². The highest BCUT2D eigenvalue weighted by Gasteiger charge is 2.35. The predicted molar refractivity (Wildman–Crippen MR) is 162 cm³/mol. The SMILES string of the molecule is CC(C)(C)OC(=O)N[C@@H](Cc1ccccc1)C(=O)N[C@H]1CCC(=O)NCCCOC(=O)[C@H](O)[C@H](CC2CCCCC2)NC1=O. The maximum atomic E-state index is 13.7. The van der Waals surface area contributed by atoms with Gasteiger partial charge in [-0.1, -0.05) is 62.4 Å². The largest absolute Gasteiger partial charge is 0.464 e. The molecule has 1 saturated heterocycles. The summed E-state index contributed by atoms with van der Waals surface area (Å²) in [5, 5.41) is 21.7. The normalized spacial score (nSPS) is 23.6. The molecule has 5 N–H and O–H groups in total. The van der Waals surface area contributed by atoms with Crippen molar-refractivity contribution in [3.8, 4) is 0 Å². The minimum absolute atomic E-state index is 0.0202. The van der Waals surface area contributed by atoms with Gasteiger partial charge in [-0.3, -0.25) is 14.4 Å². The minimum atomic E-state index is -1.59. The van der Waals surface area contributed by atoms with Crippen LogP contribution in [0, 0.1) is 5.92 Å². The van der Waals surface area contributed by atoms with Crippen molar-refractivity contribution in [1.82, 2.24) is 21.3 Å². The van der Waals surface area contributed by atoms with Crippen LogP contribution in [0.3, 0.4) is 0 Å². The molecule has 4 atom stereocenters. The van der Waals surface area contributed by atoms with E-state index >= 15 is 0 Å². The molecule has 1 aromatic rings. The summed E-state index contributed by atoms with van der Waals surface area (Å²) in [6, 6.07) is 5.85. The number of rotatable bonds is 7. The van der Waals surface area contributed by atoms with Crippen LogP contribution in [0.25, 0.3) is 0 Å². The van der Waals surface area contributed by atoms with E-state index in [1.165, 1.54) is 0 Å². The third-order valence-electron chi connectivity index (χ3n) is 7.73. The van der Waals surface area contributed by atoms with Gasteiger partial charge in [-0.15, -0.1) is 0 Å². The number of aliphatic hydroxyl groups excluding tert-OH is 1. The molecule has 1 heterocycles. The van der Waals surface area contributed by atoms with Crippen LogP contribution in [0.5, 0.6) is 0 Å². The molecule has 2 fully saturated rings. The molecule has 2 aliphatic rings. The lowest BCUT2D eigenvalue weighted by Crippen LogP contribution is -2.58. The van der Waals surface area contributed by atoms with Gasteiger partial charge < -0.3 is 35.8 Å². The molecular weight excluding hydrogens is 568 g/mol. The van der Waals surface area contributed by atoms with Crippen molar-refractivity contribution < 1.29 is 38.6 Å². The second-order valence-corrected chi connectivity index (χ2v) is 12.7. The number of carbonyl (C=O) groups excluding carboxylic acids is 5. The average molecular weight is 617 g/mol. The number of cyclic esters (lactones) is 1. The highest BCUT2D eigenvalue weighted by atomic mass is 16.6. The summed E-state index contributed by atoms with van der Waals surface area (Å²) < 4.78 is 10.6. The number of esters is 1. The van der Waals surface area contributed by atoms with E-state index in [-0.39, 0.29) is 44.2 Å². The van der Waals surface area contributed by atoms with Crippen molar-refractivity contribution in [2.75, 3.05) is 13.2 Å². The lowest BCUT2D eigenvalue weighted by molar-refractivity contribution is -0.156. The van der Waals surface area contributed by atoms with Gasteiger partial charge in [0.2, 0.25) is 17.7 Å². The Hall–Kier alpha value is -3.67. The van der Waals surface area contributed by atoms with E-state index in [9.17, 15) is 29.1 Å². The number of amides is 4. The van der Waals surface area contributed by atoms with Crippen molar-refractivity contribution in [3.63, 3.8) is 0 Å². The number of ether oxygens (including phenoxy) is 2. The molecule has 4 amide bonds. The molecular formula is C32H48N4O8. The van der Waals surface area contributed by atoms with Crippen LogP contribution in [0.4, 0.5) is 4.79 Å². The Morgan fingerprint density at radius 2 is 1.75 bits per heavy atom. The summed E-state index contributed by atoms with van der Waals surface area (Å²) >= 11 is 0. The first-order valence-electron chi connectivity index (χ1n) is 15.7. The van der Waals surface area contributed by atoms with Crippen LogP contribution < -0.4 is 21.3 Å². The van der Waals surface area contributed by atoms with Gasteiger partial charge in [-0.2, -0.15) is 0 Å². The summed E-state index contributed by atoms with van der Waals surface area (Å²) in [7, 11) is 0. The van der Waals surface area contributed by atoms with Crippen LogP contribution in [-0.4, -0.2) is 77.9 Å². The first-order chi connectivity index (χ1) is 20.9. The Balaban J connectivity index is 1.83. The van der Waals surface area contributed by atoms with E-state index < -0.39 is 53.7 Å². The first kappa shape index (κ1) is 34.8. The fraction of sp³-hybridized carbons (Fsp3) is 0.656. The van der Waals surface area contributed by atoms with Gasteiger partial charge >= 0.3 is 12.1 Å². The second-order valence-electron chi connectivity index (χ2n) is 12.7. The maximum Gasteiger partial charge on any atom is 0.408 e. The zero-order valence-electron chi connectivity index (χ0n) is 26.1.